The van der Waals surface area contributed by atoms with E-state index in [0.717, 1.165) is 25.7 Å². The van der Waals surface area contributed by atoms with Crippen molar-refractivity contribution in [3.8, 4) is 5.75 Å². The normalized spacial score (nSPS) is 16.6. The molecule has 1 atom stereocenters. The van der Waals surface area contributed by atoms with E-state index < -0.39 is 10.0 Å². The second kappa shape index (κ2) is 9.17. The molecule has 1 aromatic rings. The van der Waals surface area contributed by atoms with Gasteiger partial charge in [0.15, 0.2) is 6.61 Å². The molecule has 7 nitrogen and oxygen atoms in total. The molecule has 1 aliphatic rings. The van der Waals surface area contributed by atoms with Crippen molar-refractivity contribution in [2.24, 2.45) is 0 Å². The molecule has 0 unspecified atom stereocenters. The van der Waals surface area contributed by atoms with Crippen molar-refractivity contribution in [2.45, 2.75) is 49.6 Å². The second-order valence-electron chi connectivity index (χ2n) is 6.29. The third kappa shape index (κ3) is 6.30. The maximum atomic E-state index is 12.3. The number of amides is 1. The Balaban J connectivity index is 1.85. The third-order valence-corrected chi connectivity index (χ3v) is 5.54. The van der Waals surface area contributed by atoms with Crippen LogP contribution in [0.5, 0.6) is 5.75 Å². The molecule has 0 aromatic heterocycles. The van der Waals surface area contributed by atoms with Gasteiger partial charge in [-0.25, -0.2) is 13.1 Å². The summed E-state index contributed by atoms with van der Waals surface area (Å²) in [7, 11) is -1.95. The van der Waals surface area contributed by atoms with Crippen LogP contribution in [0.1, 0.15) is 32.6 Å². The molecule has 1 saturated carbocycles. The number of hydrogen-bond donors (Lipinski definition) is 2. The number of benzene rings is 1. The van der Waals surface area contributed by atoms with E-state index in [2.05, 4.69) is 10.0 Å². The van der Waals surface area contributed by atoms with Crippen LogP contribution in [-0.4, -0.2) is 46.7 Å². The Morgan fingerprint density at radius 2 is 1.88 bits per heavy atom. The summed E-state index contributed by atoms with van der Waals surface area (Å²) in [4.78, 5) is 11.9. The molecule has 2 N–H and O–H groups in total. The summed E-state index contributed by atoms with van der Waals surface area (Å²) in [6.07, 6.45) is 3.89. The lowest BCUT2D eigenvalue weighted by Gasteiger charge is -2.14. The van der Waals surface area contributed by atoms with E-state index in [-0.39, 0.29) is 29.5 Å². The predicted octanol–water partition coefficient (Wildman–Crippen LogP) is 1.44. The van der Waals surface area contributed by atoms with Crippen LogP contribution in [0.25, 0.3) is 0 Å². The van der Waals surface area contributed by atoms with Crippen LogP contribution in [0.3, 0.4) is 0 Å². The van der Waals surface area contributed by atoms with E-state index in [9.17, 15) is 13.2 Å². The molecule has 2 rings (SSSR count). The number of rotatable bonds is 9. The highest BCUT2D eigenvalue weighted by molar-refractivity contribution is 7.89. The topological polar surface area (TPSA) is 93.7 Å². The molecule has 0 bridgehead atoms. The smallest absolute Gasteiger partial charge is 0.258 e. The van der Waals surface area contributed by atoms with Crippen LogP contribution in [-0.2, 0) is 19.6 Å². The van der Waals surface area contributed by atoms with Gasteiger partial charge < -0.3 is 14.8 Å². The molecule has 0 radical (unpaired) electrons. The maximum Gasteiger partial charge on any atom is 0.258 e. The van der Waals surface area contributed by atoms with Crippen LogP contribution in [0.4, 0.5) is 0 Å². The number of carbonyl (C=O) groups excluding carboxylic acids is 1. The quantitative estimate of drug-likeness (QED) is 0.686. The molecule has 0 saturated heterocycles. The van der Waals surface area contributed by atoms with E-state index in [1.54, 1.807) is 19.2 Å². The fraction of sp³-hybridized carbons (Fsp3) is 0.588. The first kappa shape index (κ1) is 19.7. The van der Waals surface area contributed by atoms with Crippen molar-refractivity contribution in [2.75, 3.05) is 20.3 Å². The van der Waals surface area contributed by atoms with Crippen LogP contribution >= 0.6 is 0 Å². The highest BCUT2D eigenvalue weighted by Crippen LogP contribution is 2.21. The minimum Gasteiger partial charge on any atom is -0.484 e. The molecule has 1 fully saturated rings. The van der Waals surface area contributed by atoms with Crippen LogP contribution in [0.15, 0.2) is 29.2 Å². The van der Waals surface area contributed by atoms with Gasteiger partial charge in [-0.3, -0.25) is 4.79 Å². The summed E-state index contributed by atoms with van der Waals surface area (Å²) < 4.78 is 37.7. The summed E-state index contributed by atoms with van der Waals surface area (Å²) in [5.41, 5.74) is 0. The van der Waals surface area contributed by atoms with Crippen LogP contribution in [0.2, 0.25) is 0 Å². The Bertz CT molecular complexity index is 654. The van der Waals surface area contributed by atoms with Gasteiger partial charge in [-0.15, -0.1) is 0 Å². The van der Waals surface area contributed by atoms with Crippen LogP contribution < -0.4 is 14.8 Å². The Labute approximate surface area is 149 Å². The van der Waals surface area contributed by atoms with Gasteiger partial charge in [0.1, 0.15) is 5.75 Å². The molecule has 1 aromatic carbocycles. The van der Waals surface area contributed by atoms with Crippen molar-refractivity contribution in [1.29, 1.82) is 0 Å². The van der Waals surface area contributed by atoms with Gasteiger partial charge in [0.2, 0.25) is 10.0 Å². The number of hydrogen-bond acceptors (Lipinski definition) is 5. The zero-order valence-electron chi connectivity index (χ0n) is 14.7. The van der Waals surface area contributed by atoms with E-state index in [4.69, 9.17) is 9.47 Å². The Morgan fingerprint density at radius 1 is 1.24 bits per heavy atom. The van der Waals surface area contributed by atoms with Gasteiger partial charge in [-0.1, -0.05) is 12.8 Å². The summed E-state index contributed by atoms with van der Waals surface area (Å²) in [6, 6.07) is 5.99. The molecule has 1 amide bonds. The average Bonchev–Trinajstić information content (AvgIpc) is 3.06. The van der Waals surface area contributed by atoms with E-state index in [1.165, 1.54) is 12.1 Å². The summed E-state index contributed by atoms with van der Waals surface area (Å²) >= 11 is 0. The number of sulfonamides is 1. The molecular formula is C17H26N2O5S. The third-order valence-electron chi connectivity index (χ3n) is 4.01. The molecule has 0 heterocycles. The SMILES string of the molecule is COC[C@@H](C)NC(=O)COc1ccc(S(=O)(=O)NC2CCCC2)cc1. The predicted molar refractivity (Wildman–Crippen MR) is 94.0 cm³/mol. The second-order valence-corrected chi connectivity index (χ2v) is 8.00. The molecule has 25 heavy (non-hydrogen) atoms. The van der Waals surface area contributed by atoms with Crippen molar-refractivity contribution < 1.29 is 22.7 Å². The van der Waals surface area contributed by atoms with Gasteiger partial charge >= 0.3 is 0 Å². The Kier molecular flexibility index (Phi) is 7.22. The van der Waals surface area contributed by atoms with Gasteiger partial charge in [-0.05, 0) is 44.0 Å². The Morgan fingerprint density at radius 3 is 2.48 bits per heavy atom. The van der Waals surface area contributed by atoms with Gasteiger partial charge in [0, 0.05) is 19.2 Å². The molecule has 8 heteroatoms. The van der Waals surface area contributed by atoms with Crippen molar-refractivity contribution in [3.63, 3.8) is 0 Å². The van der Waals surface area contributed by atoms with Gasteiger partial charge in [-0.2, -0.15) is 0 Å². The van der Waals surface area contributed by atoms with E-state index >= 15 is 0 Å². The largest absolute Gasteiger partial charge is 0.484 e. The minimum atomic E-state index is -3.51. The lowest BCUT2D eigenvalue weighted by molar-refractivity contribution is -0.124. The lowest BCUT2D eigenvalue weighted by Crippen LogP contribution is -2.38. The standard InChI is InChI=1S/C17H26N2O5S/c1-13(11-23-2)18-17(20)12-24-15-7-9-16(10-8-15)25(21,22)19-14-5-3-4-6-14/h7-10,13-14,19H,3-6,11-12H2,1-2H3,(H,18,20)/t13-/m1/s1. The summed E-state index contributed by atoms with van der Waals surface area (Å²) in [5, 5.41) is 2.73. The van der Waals surface area contributed by atoms with E-state index in [1.807, 2.05) is 6.92 Å². The first-order chi connectivity index (χ1) is 11.9. The fourth-order valence-electron chi connectivity index (χ4n) is 2.80. The van der Waals surface area contributed by atoms with Crippen molar-refractivity contribution >= 4 is 15.9 Å². The first-order valence-corrected chi connectivity index (χ1v) is 9.92. The van der Waals surface area contributed by atoms with Crippen molar-refractivity contribution in [3.05, 3.63) is 24.3 Å². The van der Waals surface area contributed by atoms with Gasteiger partial charge in [0.05, 0.1) is 11.5 Å². The van der Waals surface area contributed by atoms with E-state index in [0.29, 0.717) is 12.4 Å². The highest BCUT2D eigenvalue weighted by Gasteiger charge is 2.22. The molecule has 140 valence electrons. The number of carbonyl (C=O) groups is 1. The van der Waals surface area contributed by atoms with Crippen LogP contribution in [0, 0.1) is 0 Å². The maximum absolute atomic E-state index is 12.3. The highest BCUT2D eigenvalue weighted by atomic mass is 32.2. The zero-order chi connectivity index (χ0) is 18.3. The lowest BCUT2D eigenvalue weighted by atomic mass is 10.3. The summed E-state index contributed by atoms with van der Waals surface area (Å²) in [6.45, 7) is 2.12. The molecule has 0 spiro atoms. The number of methoxy groups -OCH3 is 1. The molecular weight excluding hydrogens is 344 g/mol. The number of ether oxygens (including phenoxy) is 2. The zero-order valence-corrected chi connectivity index (χ0v) is 15.5. The fourth-order valence-corrected chi connectivity index (χ4v) is 4.11. The van der Waals surface area contributed by atoms with Gasteiger partial charge in [0.25, 0.3) is 5.91 Å². The monoisotopic (exact) mass is 370 g/mol. The number of nitrogens with one attached hydrogen (secondary N) is 2. The minimum absolute atomic E-state index is 0.0266. The Hall–Kier alpha value is -1.64. The molecule has 1 aliphatic carbocycles. The summed E-state index contributed by atoms with van der Waals surface area (Å²) in [5.74, 6) is 0.179. The molecule has 0 aliphatic heterocycles. The first-order valence-electron chi connectivity index (χ1n) is 8.44. The van der Waals surface area contributed by atoms with Crippen molar-refractivity contribution in [1.82, 2.24) is 10.0 Å². The average molecular weight is 370 g/mol.